The van der Waals surface area contributed by atoms with Gasteiger partial charge in [-0.05, 0) is 39.9 Å². The van der Waals surface area contributed by atoms with Gasteiger partial charge in [0.05, 0.1) is 10.6 Å². The normalized spacial score (nSPS) is 11.9. The van der Waals surface area contributed by atoms with Gasteiger partial charge in [-0.1, -0.05) is 0 Å². The van der Waals surface area contributed by atoms with Gasteiger partial charge in [0.15, 0.2) is 9.84 Å². The van der Waals surface area contributed by atoms with E-state index in [1.165, 1.54) is 11.3 Å². The van der Waals surface area contributed by atoms with Crippen LogP contribution in [0.25, 0.3) is 0 Å². The molecule has 0 bridgehead atoms. The minimum absolute atomic E-state index is 0.0761. The van der Waals surface area contributed by atoms with Crippen molar-refractivity contribution < 1.29 is 8.42 Å². The van der Waals surface area contributed by atoms with Gasteiger partial charge in [0.25, 0.3) is 0 Å². The van der Waals surface area contributed by atoms with Gasteiger partial charge in [-0.3, -0.25) is 0 Å². The molecule has 0 aromatic carbocycles. The average Bonchev–Trinajstić information content (AvgIpc) is 2.74. The molecule has 2 nitrogen and oxygen atoms in total. The molecule has 0 saturated heterocycles. The molecule has 0 fully saturated rings. The fraction of sp³-hybridized carbons (Fsp3) is 0.200. The molecule has 0 radical (unpaired) electrons. The van der Waals surface area contributed by atoms with Crippen molar-refractivity contribution in [1.82, 2.24) is 0 Å². The highest BCUT2D eigenvalue weighted by Crippen LogP contribution is 2.29. The molecule has 0 spiro atoms. The van der Waals surface area contributed by atoms with E-state index in [1.807, 2.05) is 18.4 Å². The summed E-state index contributed by atoms with van der Waals surface area (Å²) in [6.07, 6.45) is 0. The Hall–Kier alpha value is -0.170. The Bertz CT molecular complexity index is 595. The van der Waals surface area contributed by atoms with Gasteiger partial charge < -0.3 is 0 Å². The second-order valence-electron chi connectivity index (χ2n) is 3.41. The highest BCUT2D eigenvalue weighted by Gasteiger charge is 2.19. The molecule has 0 saturated carbocycles. The average molecular weight is 337 g/mol. The Labute approximate surface area is 111 Å². The second kappa shape index (κ2) is 4.60. The molecule has 0 aliphatic carbocycles. The van der Waals surface area contributed by atoms with Crippen molar-refractivity contribution in [3.05, 3.63) is 37.1 Å². The largest absolute Gasteiger partial charge is 0.223 e. The molecule has 2 aromatic heterocycles. The summed E-state index contributed by atoms with van der Waals surface area (Å²) in [5, 5.41) is 5.34. The molecule has 0 aliphatic rings. The molecule has 2 heterocycles. The fourth-order valence-corrected chi connectivity index (χ4v) is 6.02. The zero-order chi connectivity index (χ0) is 11.8. The molecule has 0 unspecified atom stereocenters. The molecule has 0 atom stereocenters. The summed E-state index contributed by atoms with van der Waals surface area (Å²) in [5.74, 6) is 0.0761. The van der Waals surface area contributed by atoms with Crippen molar-refractivity contribution in [3.8, 4) is 0 Å². The van der Waals surface area contributed by atoms with E-state index in [-0.39, 0.29) is 5.75 Å². The molecule has 6 heteroatoms. The molecule has 0 N–H and O–H groups in total. The maximum Gasteiger partial charge on any atom is 0.184 e. The number of hydrogen-bond donors (Lipinski definition) is 0. The summed E-state index contributed by atoms with van der Waals surface area (Å²) in [4.78, 5) is 1.52. The van der Waals surface area contributed by atoms with Crippen molar-refractivity contribution in [1.29, 1.82) is 0 Å². The lowest BCUT2D eigenvalue weighted by atomic mass is 10.3. The van der Waals surface area contributed by atoms with Crippen LogP contribution in [0.4, 0.5) is 0 Å². The van der Waals surface area contributed by atoms with Crippen LogP contribution >= 0.6 is 38.6 Å². The third-order valence-electron chi connectivity index (χ3n) is 2.06. The van der Waals surface area contributed by atoms with Gasteiger partial charge in [-0.15, -0.1) is 22.7 Å². The standard InChI is InChI=1S/C10H9BrO2S3/c1-7-2-8(3-15-7)6-16(12,13)10-5-14-4-9(10)11/h2-5H,6H2,1H3. The van der Waals surface area contributed by atoms with Crippen LogP contribution < -0.4 is 0 Å². The summed E-state index contributed by atoms with van der Waals surface area (Å²) >= 11 is 6.21. The lowest BCUT2D eigenvalue weighted by Crippen LogP contribution is -2.03. The van der Waals surface area contributed by atoms with E-state index in [4.69, 9.17) is 0 Å². The van der Waals surface area contributed by atoms with E-state index < -0.39 is 9.84 Å². The number of aryl methyl sites for hydroxylation is 1. The molecule has 0 amide bonds. The molecule has 16 heavy (non-hydrogen) atoms. The Balaban J connectivity index is 2.31. The number of sulfone groups is 1. The van der Waals surface area contributed by atoms with Crippen LogP contribution in [-0.2, 0) is 15.6 Å². The molecular weight excluding hydrogens is 328 g/mol. The SMILES string of the molecule is Cc1cc(CS(=O)(=O)c2cscc2Br)cs1. The first kappa shape index (κ1) is 12.3. The van der Waals surface area contributed by atoms with E-state index in [9.17, 15) is 8.42 Å². The molecule has 0 aliphatic heterocycles. The van der Waals surface area contributed by atoms with Crippen molar-refractivity contribution in [3.63, 3.8) is 0 Å². The molecule has 86 valence electrons. The number of halogens is 1. The van der Waals surface area contributed by atoms with Gasteiger partial charge in [-0.2, -0.15) is 0 Å². The predicted molar refractivity (Wildman–Crippen MR) is 72.0 cm³/mol. The van der Waals surface area contributed by atoms with E-state index in [2.05, 4.69) is 15.9 Å². The van der Waals surface area contributed by atoms with Crippen molar-refractivity contribution >= 4 is 48.4 Å². The third-order valence-corrected chi connectivity index (χ3v) is 6.80. The monoisotopic (exact) mass is 336 g/mol. The highest BCUT2D eigenvalue weighted by molar-refractivity contribution is 9.10. The summed E-state index contributed by atoms with van der Waals surface area (Å²) < 4.78 is 24.8. The minimum Gasteiger partial charge on any atom is -0.223 e. The van der Waals surface area contributed by atoms with Crippen molar-refractivity contribution in [2.24, 2.45) is 0 Å². The smallest absolute Gasteiger partial charge is 0.184 e. The molecule has 2 aromatic rings. The first-order valence-corrected chi connectivity index (χ1v) is 8.74. The van der Waals surface area contributed by atoms with Gasteiger partial charge in [0.2, 0.25) is 0 Å². The topological polar surface area (TPSA) is 34.1 Å². The maximum absolute atomic E-state index is 12.1. The fourth-order valence-electron chi connectivity index (χ4n) is 1.36. The van der Waals surface area contributed by atoms with Gasteiger partial charge in [-0.25, -0.2) is 8.42 Å². The minimum atomic E-state index is -3.22. The Morgan fingerprint density at radius 2 is 2.06 bits per heavy atom. The maximum atomic E-state index is 12.1. The number of hydrogen-bond acceptors (Lipinski definition) is 4. The number of rotatable bonds is 3. The molecule has 2 rings (SSSR count). The van der Waals surface area contributed by atoms with Crippen LogP contribution in [-0.4, -0.2) is 8.42 Å². The number of thiophene rings is 2. The van der Waals surface area contributed by atoms with Gasteiger partial charge in [0.1, 0.15) is 0 Å². The second-order valence-corrected chi connectivity index (χ2v) is 8.08. The summed E-state index contributed by atoms with van der Waals surface area (Å²) in [5.41, 5.74) is 0.862. The first-order chi connectivity index (χ1) is 7.49. The van der Waals surface area contributed by atoms with Crippen molar-refractivity contribution in [2.45, 2.75) is 17.6 Å². The lowest BCUT2D eigenvalue weighted by molar-refractivity contribution is 0.595. The van der Waals surface area contributed by atoms with E-state index in [0.717, 1.165) is 10.4 Å². The van der Waals surface area contributed by atoms with Gasteiger partial charge >= 0.3 is 0 Å². The van der Waals surface area contributed by atoms with Crippen LogP contribution in [0.1, 0.15) is 10.4 Å². The Morgan fingerprint density at radius 3 is 2.56 bits per heavy atom. The van der Waals surface area contributed by atoms with E-state index in [0.29, 0.717) is 9.37 Å². The zero-order valence-corrected chi connectivity index (χ0v) is 12.5. The predicted octanol–water partition coefficient (Wildman–Crippen LogP) is 3.85. The van der Waals surface area contributed by atoms with E-state index >= 15 is 0 Å². The summed E-state index contributed by atoms with van der Waals surface area (Å²) in [6, 6.07) is 1.92. The van der Waals surface area contributed by atoms with Crippen molar-refractivity contribution in [2.75, 3.05) is 0 Å². The highest BCUT2D eigenvalue weighted by atomic mass is 79.9. The Kier molecular flexibility index (Phi) is 3.53. The van der Waals surface area contributed by atoms with Crippen LogP contribution in [0, 0.1) is 6.92 Å². The quantitative estimate of drug-likeness (QED) is 0.852. The Morgan fingerprint density at radius 1 is 1.31 bits per heavy atom. The van der Waals surface area contributed by atoms with Crippen LogP contribution in [0.5, 0.6) is 0 Å². The van der Waals surface area contributed by atoms with Crippen LogP contribution in [0.2, 0.25) is 0 Å². The molecular formula is C10H9BrO2S3. The van der Waals surface area contributed by atoms with Crippen LogP contribution in [0.3, 0.4) is 0 Å². The third kappa shape index (κ3) is 2.56. The summed E-state index contributed by atoms with van der Waals surface area (Å²) in [7, 11) is -3.22. The van der Waals surface area contributed by atoms with E-state index in [1.54, 1.807) is 22.1 Å². The summed E-state index contributed by atoms with van der Waals surface area (Å²) in [6.45, 7) is 1.97. The van der Waals surface area contributed by atoms with Gasteiger partial charge in [0, 0.05) is 20.1 Å². The lowest BCUT2D eigenvalue weighted by Gasteiger charge is -2.00. The first-order valence-electron chi connectivity index (χ1n) is 4.47. The van der Waals surface area contributed by atoms with Crippen LogP contribution in [0.15, 0.2) is 31.6 Å². The zero-order valence-electron chi connectivity index (χ0n) is 8.44.